The van der Waals surface area contributed by atoms with Gasteiger partial charge in [0.2, 0.25) is 5.91 Å². The standard InChI is InChI=1S/C13H16ClN3O/c1-8-5-4-6-9-11(8)16-10(7-14)17(9)13(2,3)12(15)18/h4-6H,7H2,1-3H3,(H2,15,18). The fourth-order valence-corrected chi connectivity index (χ4v) is 2.29. The summed E-state index contributed by atoms with van der Waals surface area (Å²) >= 11 is 5.93. The van der Waals surface area contributed by atoms with E-state index in [2.05, 4.69) is 4.98 Å². The number of amides is 1. The predicted molar refractivity (Wildman–Crippen MR) is 72.5 cm³/mol. The number of nitrogens with two attached hydrogens (primary N) is 1. The minimum absolute atomic E-state index is 0.241. The average molecular weight is 266 g/mol. The Morgan fingerprint density at radius 1 is 1.50 bits per heavy atom. The van der Waals surface area contributed by atoms with Crippen molar-refractivity contribution in [3.05, 3.63) is 29.6 Å². The smallest absolute Gasteiger partial charge is 0.243 e. The Kier molecular flexibility index (Phi) is 3.07. The van der Waals surface area contributed by atoms with E-state index < -0.39 is 11.4 Å². The number of benzene rings is 1. The molecule has 1 aromatic carbocycles. The highest BCUT2D eigenvalue weighted by Gasteiger charge is 2.31. The Balaban J connectivity index is 2.84. The van der Waals surface area contributed by atoms with Gasteiger partial charge < -0.3 is 10.3 Å². The molecule has 0 aliphatic carbocycles. The molecule has 0 saturated carbocycles. The van der Waals surface area contributed by atoms with Crippen LogP contribution in [-0.4, -0.2) is 15.5 Å². The van der Waals surface area contributed by atoms with Crippen molar-refractivity contribution in [3.8, 4) is 0 Å². The van der Waals surface area contributed by atoms with Crippen LogP contribution in [0.1, 0.15) is 25.2 Å². The van der Waals surface area contributed by atoms with Crippen LogP contribution in [0.25, 0.3) is 11.0 Å². The first-order chi connectivity index (χ1) is 8.39. The summed E-state index contributed by atoms with van der Waals surface area (Å²) in [6.45, 7) is 5.53. The number of imidazole rings is 1. The summed E-state index contributed by atoms with van der Waals surface area (Å²) in [5.41, 5.74) is 7.43. The van der Waals surface area contributed by atoms with E-state index in [0.29, 0.717) is 5.82 Å². The summed E-state index contributed by atoms with van der Waals surface area (Å²) in [6.07, 6.45) is 0. The van der Waals surface area contributed by atoms with Crippen molar-refractivity contribution >= 4 is 28.5 Å². The van der Waals surface area contributed by atoms with E-state index in [1.54, 1.807) is 13.8 Å². The molecule has 5 heteroatoms. The van der Waals surface area contributed by atoms with Gasteiger partial charge in [0.15, 0.2) is 0 Å². The molecule has 0 unspecified atom stereocenters. The highest BCUT2D eigenvalue weighted by molar-refractivity contribution is 6.17. The van der Waals surface area contributed by atoms with Gasteiger partial charge in [-0.05, 0) is 32.4 Å². The van der Waals surface area contributed by atoms with Gasteiger partial charge in [-0.2, -0.15) is 0 Å². The van der Waals surface area contributed by atoms with Crippen molar-refractivity contribution in [1.82, 2.24) is 9.55 Å². The highest BCUT2D eigenvalue weighted by Crippen LogP contribution is 2.27. The zero-order valence-electron chi connectivity index (χ0n) is 10.7. The molecule has 0 aliphatic rings. The lowest BCUT2D eigenvalue weighted by Crippen LogP contribution is -2.41. The molecular weight excluding hydrogens is 250 g/mol. The van der Waals surface area contributed by atoms with Crippen molar-refractivity contribution in [2.45, 2.75) is 32.2 Å². The number of fused-ring (bicyclic) bond motifs is 1. The van der Waals surface area contributed by atoms with Crippen LogP contribution in [0.2, 0.25) is 0 Å². The maximum absolute atomic E-state index is 11.6. The fraction of sp³-hybridized carbons (Fsp3) is 0.385. The second-order valence-corrected chi connectivity index (χ2v) is 5.13. The number of hydrogen-bond acceptors (Lipinski definition) is 2. The number of hydrogen-bond donors (Lipinski definition) is 1. The summed E-state index contributed by atoms with van der Waals surface area (Å²) in [4.78, 5) is 16.1. The van der Waals surface area contributed by atoms with Crippen molar-refractivity contribution in [2.24, 2.45) is 5.73 Å². The number of carbonyl (C=O) groups excluding carboxylic acids is 1. The summed E-state index contributed by atoms with van der Waals surface area (Å²) < 4.78 is 1.82. The number of aryl methyl sites for hydroxylation is 1. The predicted octanol–water partition coefficient (Wildman–Crippen LogP) is 2.30. The van der Waals surface area contributed by atoms with Crippen LogP contribution < -0.4 is 5.73 Å². The van der Waals surface area contributed by atoms with Crippen LogP contribution in [0, 0.1) is 6.92 Å². The van der Waals surface area contributed by atoms with E-state index in [0.717, 1.165) is 16.6 Å². The maximum atomic E-state index is 11.6. The van der Waals surface area contributed by atoms with E-state index in [-0.39, 0.29) is 5.88 Å². The Morgan fingerprint density at radius 3 is 2.72 bits per heavy atom. The van der Waals surface area contributed by atoms with Gasteiger partial charge in [-0.25, -0.2) is 4.98 Å². The molecule has 0 bridgehead atoms. The van der Waals surface area contributed by atoms with Crippen molar-refractivity contribution < 1.29 is 4.79 Å². The summed E-state index contributed by atoms with van der Waals surface area (Å²) in [5.74, 6) is 0.490. The number of rotatable bonds is 3. The fourth-order valence-electron chi connectivity index (χ4n) is 2.11. The molecule has 4 nitrogen and oxygen atoms in total. The molecule has 0 radical (unpaired) electrons. The van der Waals surface area contributed by atoms with Crippen LogP contribution in [0.4, 0.5) is 0 Å². The lowest BCUT2D eigenvalue weighted by atomic mass is 10.0. The lowest BCUT2D eigenvalue weighted by Gasteiger charge is -2.25. The number of aromatic nitrogens is 2. The minimum atomic E-state index is -0.854. The molecule has 0 spiro atoms. The third-order valence-corrected chi connectivity index (χ3v) is 3.48. The van der Waals surface area contributed by atoms with Crippen LogP contribution in [0.3, 0.4) is 0 Å². The van der Waals surface area contributed by atoms with Crippen molar-refractivity contribution in [1.29, 1.82) is 0 Å². The number of alkyl halides is 1. The quantitative estimate of drug-likeness (QED) is 0.866. The summed E-state index contributed by atoms with van der Waals surface area (Å²) in [5, 5.41) is 0. The molecule has 0 fully saturated rings. The molecule has 2 rings (SSSR count). The monoisotopic (exact) mass is 265 g/mol. The number of para-hydroxylation sites is 1. The first-order valence-corrected chi connectivity index (χ1v) is 6.26. The Hall–Kier alpha value is -1.55. The summed E-state index contributed by atoms with van der Waals surface area (Å²) in [6, 6.07) is 5.84. The molecule has 0 aliphatic heterocycles. The van der Waals surface area contributed by atoms with E-state index in [1.807, 2.05) is 29.7 Å². The zero-order valence-corrected chi connectivity index (χ0v) is 11.5. The zero-order chi connectivity index (χ0) is 13.5. The normalized spacial score (nSPS) is 12.0. The molecule has 2 N–H and O–H groups in total. The second kappa shape index (κ2) is 4.28. The van der Waals surface area contributed by atoms with E-state index >= 15 is 0 Å². The van der Waals surface area contributed by atoms with Gasteiger partial charge in [-0.3, -0.25) is 4.79 Å². The van der Waals surface area contributed by atoms with Gasteiger partial charge in [0.05, 0.1) is 16.9 Å². The van der Waals surface area contributed by atoms with Gasteiger partial charge in [0, 0.05) is 0 Å². The van der Waals surface area contributed by atoms with Crippen LogP contribution >= 0.6 is 11.6 Å². The third kappa shape index (κ3) is 1.77. The molecule has 0 saturated heterocycles. The number of nitrogens with zero attached hydrogens (tertiary/aromatic N) is 2. The van der Waals surface area contributed by atoms with Gasteiger partial charge >= 0.3 is 0 Å². The second-order valence-electron chi connectivity index (χ2n) is 4.86. The maximum Gasteiger partial charge on any atom is 0.243 e. The lowest BCUT2D eigenvalue weighted by molar-refractivity contribution is -0.125. The molecule has 1 aromatic heterocycles. The third-order valence-electron chi connectivity index (χ3n) is 3.24. The molecule has 2 aromatic rings. The average Bonchev–Trinajstić information content (AvgIpc) is 2.69. The van der Waals surface area contributed by atoms with Crippen molar-refractivity contribution in [3.63, 3.8) is 0 Å². The summed E-state index contributed by atoms with van der Waals surface area (Å²) in [7, 11) is 0. The Bertz CT molecular complexity index is 616. The minimum Gasteiger partial charge on any atom is -0.368 e. The number of carbonyl (C=O) groups is 1. The van der Waals surface area contributed by atoms with Crippen LogP contribution in [0.5, 0.6) is 0 Å². The topological polar surface area (TPSA) is 60.9 Å². The number of halogens is 1. The van der Waals surface area contributed by atoms with Gasteiger partial charge in [0.25, 0.3) is 0 Å². The highest BCUT2D eigenvalue weighted by atomic mass is 35.5. The molecule has 96 valence electrons. The molecular formula is C13H16ClN3O. The Morgan fingerprint density at radius 2 is 2.17 bits per heavy atom. The molecule has 0 atom stereocenters. The SMILES string of the molecule is Cc1cccc2c1nc(CCl)n2C(C)(C)C(N)=O. The van der Waals surface area contributed by atoms with Gasteiger partial charge in [-0.15, -0.1) is 11.6 Å². The molecule has 1 amide bonds. The van der Waals surface area contributed by atoms with Crippen LogP contribution in [0.15, 0.2) is 18.2 Å². The molecule has 1 heterocycles. The largest absolute Gasteiger partial charge is 0.368 e. The first-order valence-electron chi connectivity index (χ1n) is 5.73. The van der Waals surface area contributed by atoms with Gasteiger partial charge in [-0.1, -0.05) is 12.1 Å². The Labute approximate surface area is 111 Å². The van der Waals surface area contributed by atoms with E-state index in [1.165, 1.54) is 0 Å². The van der Waals surface area contributed by atoms with Crippen LogP contribution in [-0.2, 0) is 16.2 Å². The van der Waals surface area contributed by atoms with E-state index in [9.17, 15) is 4.79 Å². The number of primary amides is 1. The van der Waals surface area contributed by atoms with E-state index in [4.69, 9.17) is 17.3 Å². The van der Waals surface area contributed by atoms with Gasteiger partial charge in [0.1, 0.15) is 11.4 Å². The first kappa shape index (κ1) is 12.9. The molecule has 18 heavy (non-hydrogen) atoms. The van der Waals surface area contributed by atoms with Crippen molar-refractivity contribution in [2.75, 3.05) is 0 Å².